The first-order chi connectivity index (χ1) is 11.2. The van der Waals surface area contributed by atoms with Crippen molar-refractivity contribution in [3.63, 3.8) is 0 Å². The smallest absolute Gasteiger partial charge is 0.270 e. The first-order valence-corrected chi connectivity index (χ1v) is 7.76. The van der Waals surface area contributed by atoms with E-state index in [0.717, 1.165) is 30.3 Å². The Hall–Kier alpha value is -2.63. The summed E-state index contributed by atoms with van der Waals surface area (Å²) in [7, 11) is 0. The Balaban J connectivity index is 1.57. The predicted octanol–water partition coefficient (Wildman–Crippen LogP) is 2.98. The Morgan fingerprint density at radius 1 is 1.35 bits per heavy atom. The zero-order chi connectivity index (χ0) is 15.8. The first-order valence-electron chi connectivity index (χ1n) is 7.76. The Labute approximate surface area is 132 Å². The van der Waals surface area contributed by atoms with Crippen LogP contribution in [0.4, 0.5) is 4.39 Å². The Bertz CT molecular complexity index is 840. The number of carbonyl (C=O) groups is 1. The van der Waals surface area contributed by atoms with Crippen LogP contribution in [-0.2, 0) is 0 Å². The third kappa shape index (κ3) is 2.60. The number of imidazole rings is 1. The third-order valence-corrected chi connectivity index (χ3v) is 4.44. The number of nitrogens with one attached hydrogen (secondary N) is 1. The molecule has 3 aromatic rings. The largest absolute Gasteiger partial charge is 0.351 e. The number of piperidine rings is 1. The molecule has 6 heteroatoms. The van der Waals surface area contributed by atoms with Gasteiger partial charge in [-0.05, 0) is 37.1 Å². The van der Waals surface area contributed by atoms with Crippen LogP contribution in [0.15, 0.2) is 43.0 Å². The SMILES string of the molecule is O=C(c1cc2cc(F)ccc2[nH]1)N1CCC[C@H](n2ccnc2)C1. The maximum absolute atomic E-state index is 13.3. The monoisotopic (exact) mass is 312 g/mol. The highest BCUT2D eigenvalue weighted by Gasteiger charge is 2.26. The highest BCUT2D eigenvalue weighted by atomic mass is 19.1. The van der Waals surface area contributed by atoms with Crippen molar-refractivity contribution >= 4 is 16.8 Å². The molecule has 0 radical (unpaired) electrons. The van der Waals surface area contributed by atoms with Crippen LogP contribution < -0.4 is 0 Å². The Morgan fingerprint density at radius 3 is 3.09 bits per heavy atom. The molecule has 5 nitrogen and oxygen atoms in total. The van der Waals surface area contributed by atoms with Gasteiger partial charge < -0.3 is 14.5 Å². The fourth-order valence-corrected chi connectivity index (χ4v) is 3.26. The highest BCUT2D eigenvalue weighted by molar-refractivity contribution is 5.98. The van der Waals surface area contributed by atoms with Gasteiger partial charge in [0.25, 0.3) is 5.91 Å². The summed E-state index contributed by atoms with van der Waals surface area (Å²) in [5, 5.41) is 0.719. The van der Waals surface area contributed by atoms with Gasteiger partial charge in [0.2, 0.25) is 0 Å². The van der Waals surface area contributed by atoms with E-state index < -0.39 is 0 Å². The normalized spacial score (nSPS) is 18.5. The van der Waals surface area contributed by atoms with Crippen molar-refractivity contribution in [3.05, 3.63) is 54.5 Å². The van der Waals surface area contributed by atoms with E-state index in [1.54, 1.807) is 24.7 Å². The van der Waals surface area contributed by atoms with Gasteiger partial charge in [0.1, 0.15) is 11.5 Å². The number of fused-ring (bicyclic) bond motifs is 1. The van der Waals surface area contributed by atoms with Gasteiger partial charge >= 0.3 is 0 Å². The van der Waals surface area contributed by atoms with E-state index in [9.17, 15) is 9.18 Å². The van der Waals surface area contributed by atoms with Crippen LogP contribution in [0, 0.1) is 5.82 Å². The van der Waals surface area contributed by atoms with Crippen molar-refractivity contribution in [2.45, 2.75) is 18.9 Å². The van der Waals surface area contributed by atoms with Crippen LogP contribution in [0.3, 0.4) is 0 Å². The van der Waals surface area contributed by atoms with Gasteiger partial charge in [-0.15, -0.1) is 0 Å². The average molecular weight is 312 g/mol. The molecular formula is C17H17FN4O. The van der Waals surface area contributed by atoms with Crippen LogP contribution in [0.1, 0.15) is 29.4 Å². The molecule has 1 N–H and O–H groups in total. The minimum Gasteiger partial charge on any atom is -0.351 e. The summed E-state index contributed by atoms with van der Waals surface area (Å²) in [5.41, 5.74) is 1.29. The van der Waals surface area contributed by atoms with Crippen LogP contribution in [0.25, 0.3) is 10.9 Å². The molecule has 0 bridgehead atoms. The number of likely N-dealkylation sites (tertiary alicyclic amines) is 1. The van der Waals surface area contributed by atoms with Gasteiger partial charge in [0, 0.05) is 36.4 Å². The van der Waals surface area contributed by atoms with Crippen molar-refractivity contribution in [1.29, 1.82) is 0 Å². The second-order valence-electron chi connectivity index (χ2n) is 5.97. The maximum Gasteiger partial charge on any atom is 0.270 e. The average Bonchev–Trinajstić information content (AvgIpc) is 3.23. The second kappa shape index (κ2) is 5.53. The van der Waals surface area contributed by atoms with Crippen LogP contribution in [0.2, 0.25) is 0 Å². The van der Waals surface area contributed by atoms with E-state index in [0.29, 0.717) is 12.2 Å². The number of carbonyl (C=O) groups excluding carboxylic acids is 1. The molecule has 1 atom stereocenters. The molecule has 0 saturated carbocycles. The molecule has 1 aliphatic heterocycles. The number of aromatic nitrogens is 3. The van der Waals surface area contributed by atoms with Crippen LogP contribution in [0.5, 0.6) is 0 Å². The third-order valence-electron chi connectivity index (χ3n) is 4.44. The molecule has 2 aromatic heterocycles. The van der Waals surface area contributed by atoms with E-state index >= 15 is 0 Å². The fraction of sp³-hybridized carbons (Fsp3) is 0.294. The van der Waals surface area contributed by atoms with Gasteiger partial charge in [-0.25, -0.2) is 9.37 Å². The molecule has 1 fully saturated rings. The van der Waals surface area contributed by atoms with E-state index in [1.807, 2.05) is 11.1 Å². The number of hydrogen-bond acceptors (Lipinski definition) is 2. The van der Waals surface area contributed by atoms with Crippen molar-refractivity contribution in [2.24, 2.45) is 0 Å². The zero-order valence-corrected chi connectivity index (χ0v) is 12.6. The van der Waals surface area contributed by atoms with Gasteiger partial charge in [-0.1, -0.05) is 0 Å². The summed E-state index contributed by atoms with van der Waals surface area (Å²) in [6.45, 7) is 1.41. The summed E-state index contributed by atoms with van der Waals surface area (Å²) in [6, 6.07) is 6.47. The second-order valence-corrected chi connectivity index (χ2v) is 5.97. The molecule has 1 aromatic carbocycles. The summed E-state index contributed by atoms with van der Waals surface area (Å²) in [5.74, 6) is -0.333. The fourth-order valence-electron chi connectivity index (χ4n) is 3.26. The molecule has 23 heavy (non-hydrogen) atoms. The summed E-state index contributed by atoms with van der Waals surface area (Å²) >= 11 is 0. The number of halogens is 1. The zero-order valence-electron chi connectivity index (χ0n) is 12.6. The van der Waals surface area contributed by atoms with Gasteiger partial charge in [0.05, 0.1) is 12.4 Å². The quantitative estimate of drug-likeness (QED) is 0.791. The first kappa shape index (κ1) is 14.0. The van der Waals surface area contributed by atoms with Crippen molar-refractivity contribution in [2.75, 3.05) is 13.1 Å². The Kier molecular flexibility index (Phi) is 3.37. The molecule has 1 amide bonds. The molecule has 0 aliphatic carbocycles. The molecule has 0 spiro atoms. The number of amides is 1. The van der Waals surface area contributed by atoms with Gasteiger partial charge in [-0.3, -0.25) is 4.79 Å². The molecule has 118 valence electrons. The summed E-state index contributed by atoms with van der Waals surface area (Å²) in [6.07, 6.45) is 7.49. The van der Waals surface area contributed by atoms with E-state index in [2.05, 4.69) is 14.5 Å². The molecule has 0 unspecified atom stereocenters. The standard InChI is InChI=1S/C17H17FN4O/c18-13-3-4-15-12(8-13)9-16(20-15)17(23)21-6-1-2-14(10-21)22-7-5-19-11-22/h3-5,7-9,11,14,20H,1-2,6,10H2/t14-/m0/s1. The number of benzene rings is 1. The van der Waals surface area contributed by atoms with Gasteiger partial charge in [-0.2, -0.15) is 0 Å². The van der Waals surface area contributed by atoms with Gasteiger partial charge in [0.15, 0.2) is 0 Å². The highest BCUT2D eigenvalue weighted by Crippen LogP contribution is 2.24. The minimum atomic E-state index is -0.298. The number of aromatic amines is 1. The minimum absolute atomic E-state index is 0.0357. The summed E-state index contributed by atoms with van der Waals surface area (Å²) < 4.78 is 15.3. The molecule has 4 rings (SSSR count). The van der Waals surface area contributed by atoms with Crippen molar-refractivity contribution < 1.29 is 9.18 Å². The van der Waals surface area contributed by atoms with Crippen molar-refractivity contribution in [1.82, 2.24) is 19.4 Å². The number of nitrogens with zero attached hydrogens (tertiary/aromatic N) is 3. The van der Waals surface area contributed by atoms with Crippen LogP contribution >= 0.6 is 0 Å². The molecule has 1 saturated heterocycles. The Morgan fingerprint density at radius 2 is 2.26 bits per heavy atom. The lowest BCUT2D eigenvalue weighted by atomic mass is 10.1. The van der Waals surface area contributed by atoms with E-state index in [4.69, 9.17) is 0 Å². The topological polar surface area (TPSA) is 53.9 Å². The molecule has 3 heterocycles. The lowest BCUT2D eigenvalue weighted by molar-refractivity contribution is 0.0674. The lowest BCUT2D eigenvalue weighted by Crippen LogP contribution is -2.40. The number of H-pyrrole nitrogens is 1. The van der Waals surface area contributed by atoms with Crippen molar-refractivity contribution in [3.8, 4) is 0 Å². The summed E-state index contributed by atoms with van der Waals surface area (Å²) in [4.78, 5) is 21.8. The van der Waals surface area contributed by atoms with Crippen LogP contribution in [-0.4, -0.2) is 38.4 Å². The molecule has 1 aliphatic rings. The van der Waals surface area contributed by atoms with E-state index in [1.165, 1.54) is 12.1 Å². The predicted molar refractivity (Wildman–Crippen MR) is 84.7 cm³/mol. The van der Waals surface area contributed by atoms with E-state index in [-0.39, 0.29) is 17.8 Å². The lowest BCUT2D eigenvalue weighted by Gasteiger charge is -2.33. The number of rotatable bonds is 2. The molecular weight excluding hydrogens is 295 g/mol. The number of hydrogen-bond donors (Lipinski definition) is 1. The maximum atomic E-state index is 13.3.